The minimum absolute atomic E-state index is 0.253. The number of hydrogen-bond donors (Lipinski definition) is 1. The Balaban J connectivity index is 1.87. The van der Waals surface area contributed by atoms with Crippen molar-refractivity contribution in [3.05, 3.63) is 58.1 Å². The van der Waals surface area contributed by atoms with Crippen molar-refractivity contribution < 1.29 is 19.1 Å². The SMILES string of the molecule is C[C@@H](Oc1ccc(Cl)cc1Cl)C(=O)OCC(=O)Nc1ccccc1C#N. The van der Waals surface area contributed by atoms with Crippen LogP contribution in [0.3, 0.4) is 0 Å². The molecule has 0 spiro atoms. The molecule has 0 bridgehead atoms. The number of carbonyl (C=O) groups is 2. The molecule has 0 fully saturated rings. The van der Waals surface area contributed by atoms with Crippen LogP contribution in [0.4, 0.5) is 5.69 Å². The molecule has 0 heterocycles. The number of para-hydroxylation sites is 1. The lowest BCUT2D eigenvalue weighted by Crippen LogP contribution is -2.30. The van der Waals surface area contributed by atoms with E-state index in [0.29, 0.717) is 16.3 Å². The fourth-order valence-corrected chi connectivity index (χ4v) is 2.39. The highest BCUT2D eigenvalue weighted by Crippen LogP contribution is 2.28. The highest BCUT2D eigenvalue weighted by atomic mass is 35.5. The van der Waals surface area contributed by atoms with Crippen molar-refractivity contribution >= 4 is 40.8 Å². The maximum Gasteiger partial charge on any atom is 0.347 e. The molecule has 0 unspecified atom stereocenters. The molecule has 0 saturated heterocycles. The highest BCUT2D eigenvalue weighted by Gasteiger charge is 2.19. The first-order valence-electron chi connectivity index (χ1n) is 7.48. The van der Waals surface area contributed by atoms with E-state index in [1.807, 2.05) is 6.07 Å². The van der Waals surface area contributed by atoms with Gasteiger partial charge in [-0.3, -0.25) is 4.79 Å². The van der Waals surface area contributed by atoms with Gasteiger partial charge in [0.05, 0.1) is 16.3 Å². The number of hydrogen-bond acceptors (Lipinski definition) is 5. The molecule has 2 aromatic carbocycles. The number of esters is 1. The average Bonchev–Trinajstić information content (AvgIpc) is 2.62. The average molecular weight is 393 g/mol. The predicted molar refractivity (Wildman–Crippen MR) is 97.3 cm³/mol. The van der Waals surface area contributed by atoms with Crippen molar-refractivity contribution in [3.63, 3.8) is 0 Å². The number of halogens is 2. The summed E-state index contributed by atoms with van der Waals surface area (Å²) < 4.78 is 10.3. The second-order valence-corrected chi connectivity index (χ2v) is 5.99. The van der Waals surface area contributed by atoms with Gasteiger partial charge in [0.15, 0.2) is 12.7 Å². The molecule has 2 aromatic rings. The van der Waals surface area contributed by atoms with Gasteiger partial charge in [-0.15, -0.1) is 0 Å². The van der Waals surface area contributed by atoms with Crippen LogP contribution in [0.25, 0.3) is 0 Å². The Morgan fingerprint density at radius 3 is 2.65 bits per heavy atom. The third-order valence-corrected chi connectivity index (χ3v) is 3.73. The summed E-state index contributed by atoms with van der Waals surface area (Å²) in [5.41, 5.74) is 0.648. The topological polar surface area (TPSA) is 88.4 Å². The van der Waals surface area contributed by atoms with E-state index in [1.54, 1.807) is 30.3 Å². The summed E-state index contributed by atoms with van der Waals surface area (Å²) in [5.74, 6) is -1.04. The quantitative estimate of drug-likeness (QED) is 0.754. The van der Waals surface area contributed by atoms with Gasteiger partial charge in [0.25, 0.3) is 5.91 Å². The lowest BCUT2D eigenvalue weighted by Gasteiger charge is -2.15. The summed E-state index contributed by atoms with van der Waals surface area (Å²) in [5, 5.41) is 12.2. The second kappa shape index (κ2) is 9.09. The van der Waals surface area contributed by atoms with Gasteiger partial charge in [-0.1, -0.05) is 35.3 Å². The molecule has 2 rings (SSSR count). The van der Waals surface area contributed by atoms with Crippen LogP contribution in [0.2, 0.25) is 10.0 Å². The van der Waals surface area contributed by atoms with Crippen LogP contribution in [0.1, 0.15) is 12.5 Å². The van der Waals surface area contributed by atoms with E-state index in [4.69, 9.17) is 37.9 Å². The van der Waals surface area contributed by atoms with Gasteiger partial charge in [-0.25, -0.2) is 4.79 Å². The summed E-state index contributed by atoms with van der Waals surface area (Å²) in [6, 6.07) is 13.0. The zero-order valence-corrected chi connectivity index (χ0v) is 15.2. The van der Waals surface area contributed by atoms with E-state index in [1.165, 1.54) is 19.1 Å². The van der Waals surface area contributed by atoms with Crippen molar-refractivity contribution in [2.24, 2.45) is 0 Å². The maximum absolute atomic E-state index is 12.0. The van der Waals surface area contributed by atoms with Gasteiger partial charge >= 0.3 is 5.97 Å². The normalized spacial score (nSPS) is 11.2. The van der Waals surface area contributed by atoms with Gasteiger partial charge < -0.3 is 14.8 Å². The van der Waals surface area contributed by atoms with Gasteiger partial charge in [-0.05, 0) is 37.3 Å². The van der Waals surface area contributed by atoms with Crippen molar-refractivity contribution in [1.29, 1.82) is 5.26 Å². The van der Waals surface area contributed by atoms with Gasteiger partial charge in [0.2, 0.25) is 0 Å². The van der Waals surface area contributed by atoms with Crippen molar-refractivity contribution in [1.82, 2.24) is 0 Å². The zero-order valence-electron chi connectivity index (χ0n) is 13.7. The van der Waals surface area contributed by atoms with E-state index < -0.39 is 24.6 Å². The van der Waals surface area contributed by atoms with E-state index in [2.05, 4.69) is 5.32 Å². The first-order valence-corrected chi connectivity index (χ1v) is 8.23. The molecule has 26 heavy (non-hydrogen) atoms. The Labute approximate surface area is 160 Å². The standard InChI is InChI=1S/C18H14Cl2N2O4/c1-11(26-16-7-6-13(19)8-14(16)20)18(24)25-10-17(23)22-15-5-3-2-4-12(15)9-21/h2-8,11H,10H2,1H3,(H,22,23)/t11-/m1/s1. The van der Waals surface area contributed by atoms with Crippen LogP contribution in [0.15, 0.2) is 42.5 Å². The van der Waals surface area contributed by atoms with E-state index in [9.17, 15) is 9.59 Å². The number of carbonyl (C=O) groups excluding carboxylic acids is 2. The van der Waals surface area contributed by atoms with E-state index in [-0.39, 0.29) is 10.8 Å². The fourth-order valence-electron chi connectivity index (χ4n) is 1.94. The molecule has 1 atom stereocenters. The molecule has 0 saturated carbocycles. The molecule has 1 N–H and O–H groups in total. The first kappa shape index (κ1) is 19.6. The summed E-state index contributed by atoms with van der Waals surface area (Å²) in [6.45, 7) is 0.955. The summed E-state index contributed by atoms with van der Waals surface area (Å²) in [7, 11) is 0. The summed E-state index contributed by atoms with van der Waals surface area (Å²) >= 11 is 11.8. The molecular formula is C18H14Cl2N2O4. The van der Waals surface area contributed by atoms with Gasteiger partial charge in [0.1, 0.15) is 11.8 Å². The second-order valence-electron chi connectivity index (χ2n) is 5.15. The Morgan fingerprint density at radius 2 is 1.96 bits per heavy atom. The Hall–Kier alpha value is -2.75. The lowest BCUT2D eigenvalue weighted by atomic mass is 10.2. The molecule has 0 aromatic heterocycles. The Kier molecular flexibility index (Phi) is 6.84. The predicted octanol–water partition coefficient (Wildman–Crippen LogP) is 3.81. The van der Waals surface area contributed by atoms with Gasteiger partial charge in [0, 0.05) is 5.02 Å². The van der Waals surface area contributed by atoms with Crippen LogP contribution in [0.5, 0.6) is 5.75 Å². The number of ether oxygens (including phenoxy) is 2. The number of nitrogens with zero attached hydrogens (tertiary/aromatic N) is 1. The fraction of sp³-hybridized carbons (Fsp3) is 0.167. The number of nitriles is 1. The molecule has 8 heteroatoms. The minimum Gasteiger partial charge on any atom is -0.477 e. The van der Waals surface area contributed by atoms with Crippen LogP contribution in [0, 0.1) is 11.3 Å². The first-order chi connectivity index (χ1) is 12.4. The third-order valence-electron chi connectivity index (χ3n) is 3.20. The number of amides is 1. The number of rotatable bonds is 6. The maximum atomic E-state index is 12.0. The molecule has 0 aliphatic carbocycles. The molecule has 0 aliphatic heterocycles. The Bertz CT molecular complexity index is 865. The van der Waals surface area contributed by atoms with Crippen LogP contribution in [-0.2, 0) is 14.3 Å². The van der Waals surface area contributed by atoms with Crippen LogP contribution < -0.4 is 10.1 Å². The van der Waals surface area contributed by atoms with E-state index >= 15 is 0 Å². The van der Waals surface area contributed by atoms with Crippen LogP contribution >= 0.6 is 23.2 Å². The van der Waals surface area contributed by atoms with Crippen molar-refractivity contribution in [2.75, 3.05) is 11.9 Å². The van der Waals surface area contributed by atoms with Crippen LogP contribution in [-0.4, -0.2) is 24.6 Å². The molecule has 134 valence electrons. The van der Waals surface area contributed by atoms with Crippen molar-refractivity contribution in [3.8, 4) is 11.8 Å². The molecule has 0 radical (unpaired) electrons. The number of benzene rings is 2. The molecule has 1 amide bonds. The smallest absolute Gasteiger partial charge is 0.347 e. The summed E-state index contributed by atoms with van der Waals surface area (Å²) in [6.07, 6.45) is -0.979. The van der Waals surface area contributed by atoms with E-state index in [0.717, 1.165) is 0 Å². The Morgan fingerprint density at radius 1 is 1.23 bits per heavy atom. The van der Waals surface area contributed by atoms with Crippen molar-refractivity contribution in [2.45, 2.75) is 13.0 Å². The molecule has 0 aliphatic rings. The zero-order chi connectivity index (χ0) is 19.1. The number of nitrogens with one attached hydrogen (secondary N) is 1. The summed E-state index contributed by atoms with van der Waals surface area (Å²) in [4.78, 5) is 23.8. The number of anilines is 1. The third kappa shape index (κ3) is 5.38. The minimum atomic E-state index is -0.979. The molecule has 6 nitrogen and oxygen atoms in total. The highest BCUT2D eigenvalue weighted by molar-refractivity contribution is 6.35. The largest absolute Gasteiger partial charge is 0.477 e. The lowest BCUT2D eigenvalue weighted by molar-refractivity contribution is -0.153. The molecular weight excluding hydrogens is 379 g/mol. The monoisotopic (exact) mass is 392 g/mol. The van der Waals surface area contributed by atoms with Gasteiger partial charge in [-0.2, -0.15) is 5.26 Å².